The standard InChI is InChI=1S/C8H14N2/c1-3-7-4-2-6-10-8(7)9-5-1/h9-10H,1-6H2. The van der Waals surface area contributed by atoms with Crippen molar-refractivity contribution in [2.24, 2.45) is 0 Å². The second kappa shape index (κ2) is 2.52. The van der Waals surface area contributed by atoms with E-state index in [1.807, 2.05) is 0 Å². The number of rotatable bonds is 0. The molecule has 0 radical (unpaired) electrons. The van der Waals surface area contributed by atoms with E-state index in [0.717, 1.165) is 13.1 Å². The van der Waals surface area contributed by atoms with Crippen LogP contribution < -0.4 is 10.6 Å². The van der Waals surface area contributed by atoms with Crippen LogP contribution in [0.1, 0.15) is 25.7 Å². The van der Waals surface area contributed by atoms with Crippen LogP contribution in [-0.2, 0) is 0 Å². The third-order valence-electron chi connectivity index (χ3n) is 2.27. The van der Waals surface area contributed by atoms with Crippen molar-refractivity contribution in [3.05, 3.63) is 11.4 Å². The minimum atomic E-state index is 1.16. The maximum absolute atomic E-state index is 3.39. The van der Waals surface area contributed by atoms with Crippen LogP contribution in [0.15, 0.2) is 11.4 Å². The molecule has 2 heteroatoms. The van der Waals surface area contributed by atoms with Gasteiger partial charge in [-0.05, 0) is 31.3 Å². The zero-order valence-corrected chi connectivity index (χ0v) is 6.24. The van der Waals surface area contributed by atoms with Crippen LogP contribution in [0, 0.1) is 0 Å². The molecule has 2 N–H and O–H groups in total. The van der Waals surface area contributed by atoms with Crippen molar-refractivity contribution in [3.8, 4) is 0 Å². The summed E-state index contributed by atoms with van der Waals surface area (Å²) in [6.07, 6.45) is 5.27. The molecule has 0 aromatic heterocycles. The Hall–Kier alpha value is -0.660. The first-order valence-corrected chi connectivity index (χ1v) is 4.16. The zero-order valence-electron chi connectivity index (χ0n) is 6.24. The lowest BCUT2D eigenvalue weighted by Gasteiger charge is -2.27. The first-order valence-electron chi connectivity index (χ1n) is 4.16. The molecule has 0 aliphatic carbocycles. The van der Waals surface area contributed by atoms with Gasteiger partial charge in [-0.2, -0.15) is 0 Å². The number of hydrogen-bond acceptors (Lipinski definition) is 2. The molecular weight excluding hydrogens is 124 g/mol. The van der Waals surface area contributed by atoms with Gasteiger partial charge in [-0.25, -0.2) is 0 Å². The maximum Gasteiger partial charge on any atom is 0.0978 e. The highest BCUT2D eigenvalue weighted by Gasteiger charge is 2.14. The van der Waals surface area contributed by atoms with E-state index >= 15 is 0 Å². The summed E-state index contributed by atoms with van der Waals surface area (Å²) in [7, 11) is 0. The summed E-state index contributed by atoms with van der Waals surface area (Å²) < 4.78 is 0. The highest BCUT2D eigenvalue weighted by atomic mass is 15.1. The summed E-state index contributed by atoms with van der Waals surface area (Å²) >= 11 is 0. The van der Waals surface area contributed by atoms with Gasteiger partial charge in [0.1, 0.15) is 0 Å². The van der Waals surface area contributed by atoms with Gasteiger partial charge < -0.3 is 10.6 Å². The molecule has 0 unspecified atom stereocenters. The number of nitrogens with one attached hydrogen (secondary N) is 2. The van der Waals surface area contributed by atoms with Crippen molar-refractivity contribution in [1.29, 1.82) is 0 Å². The Labute approximate surface area is 61.7 Å². The lowest BCUT2D eigenvalue weighted by Crippen LogP contribution is -2.35. The third-order valence-corrected chi connectivity index (χ3v) is 2.27. The summed E-state index contributed by atoms with van der Waals surface area (Å²) in [5, 5.41) is 6.78. The van der Waals surface area contributed by atoms with Crippen LogP contribution in [0.3, 0.4) is 0 Å². The van der Waals surface area contributed by atoms with Crippen LogP contribution in [0.4, 0.5) is 0 Å². The van der Waals surface area contributed by atoms with Crippen molar-refractivity contribution >= 4 is 0 Å². The molecule has 0 saturated carbocycles. The highest BCUT2D eigenvalue weighted by molar-refractivity contribution is 5.16. The summed E-state index contributed by atoms with van der Waals surface area (Å²) in [4.78, 5) is 0. The van der Waals surface area contributed by atoms with Crippen LogP contribution in [0.25, 0.3) is 0 Å². The Bertz CT molecular complexity index is 127. The van der Waals surface area contributed by atoms with Gasteiger partial charge in [-0.3, -0.25) is 0 Å². The minimum Gasteiger partial charge on any atom is -0.372 e. The zero-order chi connectivity index (χ0) is 6.81. The largest absolute Gasteiger partial charge is 0.372 e. The molecule has 2 nitrogen and oxygen atoms in total. The monoisotopic (exact) mass is 138 g/mol. The van der Waals surface area contributed by atoms with Crippen molar-refractivity contribution in [2.75, 3.05) is 13.1 Å². The molecule has 56 valence electrons. The first-order chi connectivity index (χ1) is 4.97. The van der Waals surface area contributed by atoms with Gasteiger partial charge in [0.05, 0.1) is 5.82 Å². The van der Waals surface area contributed by atoms with Gasteiger partial charge in [0.15, 0.2) is 0 Å². The first kappa shape index (κ1) is 6.08. The predicted octanol–water partition coefficient (Wildman–Crippen LogP) is 0.965. The fourth-order valence-corrected chi connectivity index (χ4v) is 1.72. The maximum atomic E-state index is 3.39. The Morgan fingerprint density at radius 2 is 1.50 bits per heavy atom. The smallest absolute Gasteiger partial charge is 0.0978 e. The SMILES string of the molecule is C1CNC2=C(C1)CCCN2. The summed E-state index contributed by atoms with van der Waals surface area (Å²) in [5.41, 5.74) is 1.62. The second-order valence-electron chi connectivity index (χ2n) is 3.04. The molecule has 0 aromatic carbocycles. The Morgan fingerprint density at radius 1 is 0.900 bits per heavy atom. The van der Waals surface area contributed by atoms with Crippen molar-refractivity contribution in [2.45, 2.75) is 25.7 Å². The molecule has 0 atom stereocenters. The van der Waals surface area contributed by atoms with Gasteiger partial charge in [0.25, 0.3) is 0 Å². The molecular formula is C8H14N2. The summed E-state index contributed by atoms with van der Waals surface area (Å²) in [5.74, 6) is 1.34. The summed E-state index contributed by atoms with van der Waals surface area (Å²) in [6, 6.07) is 0. The molecule has 2 heterocycles. The second-order valence-corrected chi connectivity index (χ2v) is 3.04. The van der Waals surface area contributed by atoms with E-state index in [9.17, 15) is 0 Å². The predicted molar refractivity (Wildman–Crippen MR) is 41.5 cm³/mol. The number of hydrogen-bond donors (Lipinski definition) is 2. The Balaban J connectivity index is 2.14. The summed E-state index contributed by atoms with van der Waals surface area (Å²) in [6.45, 7) is 2.32. The number of allylic oxidation sites excluding steroid dienone is 1. The molecule has 2 aliphatic heterocycles. The van der Waals surface area contributed by atoms with E-state index in [1.165, 1.54) is 31.5 Å². The topological polar surface area (TPSA) is 24.1 Å². The van der Waals surface area contributed by atoms with E-state index in [1.54, 1.807) is 5.57 Å². The average molecular weight is 138 g/mol. The quantitative estimate of drug-likeness (QED) is 0.521. The van der Waals surface area contributed by atoms with Gasteiger partial charge in [0.2, 0.25) is 0 Å². The normalized spacial score (nSPS) is 24.8. The molecule has 10 heavy (non-hydrogen) atoms. The van der Waals surface area contributed by atoms with Crippen LogP contribution in [-0.4, -0.2) is 13.1 Å². The van der Waals surface area contributed by atoms with E-state index in [2.05, 4.69) is 10.6 Å². The van der Waals surface area contributed by atoms with E-state index < -0.39 is 0 Å². The molecule has 0 fully saturated rings. The third kappa shape index (κ3) is 0.981. The molecule has 0 saturated heterocycles. The molecule has 0 spiro atoms. The van der Waals surface area contributed by atoms with Gasteiger partial charge in [-0.15, -0.1) is 0 Å². The fourth-order valence-electron chi connectivity index (χ4n) is 1.72. The molecule has 0 amide bonds. The average Bonchev–Trinajstić information content (AvgIpc) is 2.05. The molecule has 2 aliphatic rings. The fraction of sp³-hybridized carbons (Fsp3) is 0.750. The Kier molecular flexibility index (Phi) is 1.53. The molecule has 0 aromatic rings. The van der Waals surface area contributed by atoms with Crippen molar-refractivity contribution in [1.82, 2.24) is 10.6 Å². The van der Waals surface area contributed by atoms with Crippen LogP contribution >= 0.6 is 0 Å². The van der Waals surface area contributed by atoms with Crippen molar-refractivity contribution in [3.63, 3.8) is 0 Å². The van der Waals surface area contributed by atoms with Crippen LogP contribution in [0.5, 0.6) is 0 Å². The Morgan fingerprint density at radius 3 is 2.00 bits per heavy atom. The van der Waals surface area contributed by atoms with Gasteiger partial charge in [0, 0.05) is 13.1 Å². The van der Waals surface area contributed by atoms with Crippen molar-refractivity contribution < 1.29 is 0 Å². The van der Waals surface area contributed by atoms with Crippen LogP contribution in [0.2, 0.25) is 0 Å². The molecule has 2 rings (SSSR count). The van der Waals surface area contributed by atoms with Gasteiger partial charge >= 0.3 is 0 Å². The van der Waals surface area contributed by atoms with Gasteiger partial charge in [-0.1, -0.05) is 0 Å². The lowest BCUT2D eigenvalue weighted by molar-refractivity contribution is 0.530. The highest BCUT2D eigenvalue weighted by Crippen LogP contribution is 2.20. The van der Waals surface area contributed by atoms with E-state index in [4.69, 9.17) is 0 Å². The van der Waals surface area contributed by atoms with E-state index in [0.29, 0.717) is 0 Å². The lowest BCUT2D eigenvalue weighted by atomic mass is 9.99. The molecule has 0 bridgehead atoms. The minimum absolute atomic E-state index is 1.16. The van der Waals surface area contributed by atoms with E-state index in [-0.39, 0.29) is 0 Å².